The monoisotopic (exact) mass is 317 g/mol. The smallest absolute Gasteiger partial charge is 0.411 e. The minimum absolute atomic E-state index is 0.201. The van der Waals surface area contributed by atoms with E-state index in [0.29, 0.717) is 11.7 Å². The highest BCUT2D eigenvalue weighted by Gasteiger charge is 2.34. The molecular weight excluding hydrogens is 299 g/mol. The van der Waals surface area contributed by atoms with Gasteiger partial charge < -0.3 is 14.8 Å². The lowest BCUT2D eigenvalue weighted by Crippen LogP contribution is -2.34. The minimum Gasteiger partial charge on any atom is -0.497 e. The van der Waals surface area contributed by atoms with E-state index < -0.39 is 25.3 Å². The molecule has 0 radical (unpaired) electrons. The molecule has 1 aromatic carbocycles. The number of amides is 1. The number of benzene rings is 1. The molecule has 1 atom stereocenters. The van der Waals surface area contributed by atoms with Crippen LogP contribution in [0.15, 0.2) is 24.3 Å². The van der Waals surface area contributed by atoms with Gasteiger partial charge in [0.05, 0.1) is 13.2 Å². The minimum atomic E-state index is -4.42. The van der Waals surface area contributed by atoms with E-state index >= 15 is 0 Å². The fraction of sp³-hybridized carbons (Fsp3) is 0.533. The fourth-order valence-corrected chi connectivity index (χ4v) is 2.19. The first-order valence-electron chi connectivity index (χ1n) is 6.97. The van der Waals surface area contributed by atoms with Crippen LogP contribution in [0.1, 0.15) is 24.4 Å². The molecule has 1 saturated carbocycles. The summed E-state index contributed by atoms with van der Waals surface area (Å²) in [6.07, 6.45) is -2.45. The summed E-state index contributed by atoms with van der Waals surface area (Å²) in [6, 6.07) is 7.07. The lowest BCUT2D eigenvalue weighted by molar-refractivity contribution is -0.175. The van der Waals surface area contributed by atoms with Crippen LogP contribution >= 0.6 is 0 Å². The number of hydrogen-bond acceptors (Lipinski definition) is 3. The first-order chi connectivity index (χ1) is 10.4. The highest BCUT2D eigenvalue weighted by Crippen LogP contribution is 2.41. The average Bonchev–Trinajstić information content (AvgIpc) is 3.28. The third-order valence-electron chi connectivity index (χ3n) is 3.38. The van der Waals surface area contributed by atoms with Gasteiger partial charge >= 0.3 is 6.18 Å². The fourth-order valence-electron chi connectivity index (χ4n) is 2.19. The zero-order valence-electron chi connectivity index (χ0n) is 12.2. The molecule has 2 rings (SSSR count). The molecule has 0 heterocycles. The van der Waals surface area contributed by atoms with Gasteiger partial charge in [-0.3, -0.25) is 4.79 Å². The third-order valence-corrected chi connectivity index (χ3v) is 3.38. The van der Waals surface area contributed by atoms with Crippen molar-refractivity contribution in [3.05, 3.63) is 29.8 Å². The number of methoxy groups -OCH3 is 1. The summed E-state index contributed by atoms with van der Waals surface area (Å²) in [5, 5.41) is 2.75. The number of halogens is 3. The Morgan fingerprint density at radius 3 is 2.45 bits per heavy atom. The Labute approximate surface area is 126 Å². The summed E-state index contributed by atoms with van der Waals surface area (Å²) in [4.78, 5) is 11.7. The maximum atomic E-state index is 12.0. The summed E-state index contributed by atoms with van der Waals surface area (Å²) in [6.45, 7) is -2.02. The van der Waals surface area contributed by atoms with Crippen molar-refractivity contribution in [2.45, 2.75) is 25.1 Å². The second-order valence-corrected chi connectivity index (χ2v) is 5.26. The number of ether oxygens (including phenoxy) is 2. The topological polar surface area (TPSA) is 47.6 Å². The second-order valence-electron chi connectivity index (χ2n) is 5.26. The van der Waals surface area contributed by atoms with E-state index in [1.807, 2.05) is 12.1 Å². The Hall–Kier alpha value is -1.76. The molecule has 1 aliphatic rings. The van der Waals surface area contributed by atoms with Gasteiger partial charge in [-0.1, -0.05) is 12.1 Å². The molecule has 1 fully saturated rings. The third kappa shape index (κ3) is 5.22. The molecule has 1 aliphatic carbocycles. The van der Waals surface area contributed by atoms with Crippen molar-refractivity contribution in [1.29, 1.82) is 0 Å². The summed E-state index contributed by atoms with van der Waals surface area (Å²) in [5.74, 6) is 0.482. The lowest BCUT2D eigenvalue weighted by Gasteiger charge is -2.19. The first kappa shape index (κ1) is 16.6. The van der Waals surface area contributed by atoms with E-state index in [1.54, 1.807) is 19.2 Å². The predicted octanol–water partition coefficient (Wildman–Crippen LogP) is 2.84. The maximum absolute atomic E-state index is 12.0. The summed E-state index contributed by atoms with van der Waals surface area (Å²) in [7, 11) is 1.56. The molecule has 1 amide bonds. The van der Waals surface area contributed by atoms with Gasteiger partial charge in [0.1, 0.15) is 19.0 Å². The van der Waals surface area contributed by atoms with Crippen molar-refractivity contribution in [2.24, 2.45) is 5.92 Å². The molecule has 1 aromatic rings. The number of rotatable bonds is 7. The van der Waals surface area contributed by atoms with Crippen LogP contribution in [0.5, 0.6) is 5.75 Å². The van der Waals surface area contributed by atoms with E-state index in [-0.39, 0.29) is 6.04 Å². The van der Waals surface area contributed by atoms with Crippen molar-refractivity contribution >= 4 is 5.91 Å². The Morgan fingerprint density at radius 1 is 1.32 bits per heavy atom. The number of carbonyl (C=O) groups is 1. The summed E-state index contributed by atoms with van der Waals surface area (Å²) in [5.41, 5.74) is 0.910. The Bertz CT molecular complexity index is 498. The number of nitrogens with one attached hydrogen (secondary N) is 1. The lowest BCUT2D eigenvalue weighted by atomic mass is 10.0. The Kier molecular flexibility index (Phi) is 5.28. The van der Waals surface area contributed by atoms with Gasteiger partial charge in [-0.05, 0) is 36.5 Å². The standard InChI is InChI=1S/C15H18F3NO3/c1-21-12-6-4-11(5-7-12)14(10-2-3-10)19-13(20)8-22-9-15(16,17)18/h4-7,10,14H,2-3,8-9H2,1H3,(H,19,20). The van der Waals surface area contributed by atoms with Crippen LogP contribution < -0.4 is 10.1 Å². The predicted molar refractivity (Wildman–Crippen MR) is 73.5 cm³/mol. The molecule has 7 heteroatoms. The average molecular weight is 317 g/mol. The molecule has 4 nitrogen and oxygen atoms in total. The van der Waals surface area contributed by atoms with Gasteiger partial charge in [0.15, 0.2) is 0 Å². The molecule has 0 aromatic heterocycles. The van der Waals surface area contributed by atoms with Crippen molar-refractivity contribution in [3.8, 4) is 5.75 Å². The first-order valence-corrected chi connectivity index (χ1v) is 6.97. The highest BCUT2D eigenvalue weighted by molar-refractivity contribution is 5.77. The Morgan fingerprint density at radius 2 is 1.95 bits per heavy atom. The summed E-state index contributed by atoms with van der Waals surface area (Å²) >= 11 is 0. The highest BCUT2D eigenvalue weighted by atomic mass is 19.4. The van der Waals surface area contributed by atoms with E-state index in [0.717, 1.165) is 18.4 Å². The number of alkyl halides is 3. The van der Waals surface area contributed by atoms with Gasteiger partial charge in [0, 0.05) is 0 Å². The molecule has 1 unspecified atom stereocenters. The van der Waals surface area contributed by atoms with Crippen LogP contribution in [0.4, 0.5) is 13.2 Å². The second kappa shape index (κ2) is 7.00. The van der Waals surface area contributed by atoms with Gasteiger partial charge in [-0.15, -0.1) is 0 Å². The van der Waals surface area contributed by atoms with Gasteiger partial charge in [-0.2, -0.15) is 13.2 Å². The van der Waals surface area contributed by atoms with Crippen LogP contribution in [0.3, 0.4) is 0 Å². The molecular formula is C15H18F3NO3. The van der Waals surface area contributed by atoms with Crippen molar-refractivity contribution in [1.82, 2.24) is 5.32 Å². The largest absolute Gasteiger partial charge is 0.497 e. The van der Waals surface area contributed by atoms with Crippen molar-refractivity contribution in [2.75, 3.05) is 20.3 Å². The normalized spacial score (nSPS) is 16.2. The molecule has 0 spiro atoms. The van der Waals surface area contributed by atoms with Gasteiger partial charge in [0.2, 0.25) is 5.91 Å². The van der Waals surface area contributed by atoms with Crippen LogP contribution in [0.2, 0.25) is 0 Å². The van der Waals surface area contributed by atoms with E-state index in [1.165, 1.54) is 0 Å². The van der Waals surface area contributed by atoms with E-state index in [9.17, 15) is 18.0 Å². The van der Waals surface area contributed by atoms with Crippen LogP contribution in [0, 0.1) is 5.92 Å². The molecule has 122 valence electrons. The summed E-state index contributed by atoms with van der Waals surface area (Å²) < 4.78 is 45.4. The molecule has 0 bridgehead atoms. The number of carbonyl (C=O) groups excluding carboxylic acids is 1. The molecule has 22 heavy (non-hydrogen) atoms. The van der Waals surface area contributed by atoms with Crippen LogP contribution in [-0.2, 0) is 9.53 Å². The quantitative estimate of drug-likeness (QED) is 0.841. The van der Waals surface area contributed by atoms with Crippen LogP contribution in [-0.4, -0.2) is 32.4 Å². The van der Waals surface area contributed by atoms with Gasteiger partial charge in [-0.25, -0.2) is 0 Å². The van der Waals surface area contributed by atoms with E-state index in [4.69, 9.17) is 4.74 Å². The zero-order chi connectivity index (χ0) is 16.2. The van der Waals surface area contributed by atoms with Crippen LogP contribution in [0.25, 0.3) is 0 Å². The van der Waals surface area contributed by atoms with Gasteiger partial charge in [0.25, 0.3) is 0 Å². The Balaban J connectivity index is 1.90. The maximum Gasteiger partial charge on any atom is 0.411 e. The molecule has 0 aliphatic heterocycles. The molecule has 0 saturated heterocycles. The van der Waals surface area contributed by atoms with Crippen molar-refractivity contribution < 1.29 is 27.4 Å². The SMILES string of the molecule is COc1ccc(C(NC(=O)COCC(F)(F)F)C2CC2)cc1. The van der Waals surface area contributed by atoms with E-state index in [2.05, 4.69) is 10.1 Å². The van der Waals surface area contributed by atoms with Crippen molar-refractivity contribution in [3.63, 3.8) is 0 Å². The zero-order valence-corrected chi connectivity index (χ0v) is 12.2. The molecule has 1 N–H and O–H groups in total. The number of hydrogen-bond donors (Lipinski definition) is 1.